The van der Waals surface area contributed by atoms with E-state index in [9.17, 15) is 18.4 Å². The molecular weight excluding hydrogens is 588 g/mol. The maximum Gasteiger partial charge on any atom is 0.270 e. The first-order valence-electron chi connectivity index (χ1n) is 15.9. The van der Waals surface area contributed by atoms with Gasteiger partial charge in [-0.1, -0.05) is 85.6 Å². The van der Waals surface area contributed by atoms with Crippen LogP contribution in [0, 0.1) is 5.41 Å². The highest BCUT2D eigenvalue weighted by molar-refractivity contribution is 7.09. The summed E-state index contributed by atoms with van der Waals surface area (Å²) in [7, 11) is 0. The summed E-state index contributed by atoms with van der Waals surface area (Å²) in [6.07, 6.45) is 7.15. The Morgan fingerprint density at radius 2 is 1.62 bits per heavy atom. The maximum atomic E-state index is 13.7. The second-order valence-electron chi connectivity index (χ2n) is 12.7. The number of amides is 2. The summed E-state index contributed by atoms with van der Waals surface area (Å²) in [4.78, 5) is 33.4. The van der Waals surface area contributed by atoms with Gasteiger partial charge in [0.25, 0.3) is 17.7 Å². The lowest BCUT2D eigenvalue weighted by Gasteiger charge is -2.31. The van der Waals surface area contributed by atoms with Gasteiger partial charge in [0.2, 0.25) is 0 Å². The van der Waals surface area contributed by atoms with Gasteiger partial charge in [0, 0.05) is 49.0 Å². The van der Waals surface area contributed by atoms with Gasteiger partial charge in [-0.05, 0) is 60.3 Å². The van der Waals surface area contributed by atoms with Gasteiger partial charge in [0.15, 0.2) is 0 Å². The largest absolute Gasteiger partial charge is 0.350 e. The van der Waals surface area contributed by atoms with Crippen LogP contribution in [-0.4, -0.2) is 41.3 Å². The zero-order chi connectivity index (χ0) is 31.4. The zero-order valence-corrected chi connectivity index (χ0v) is 26.4. The van der Waals surface area contributed by atoms with E-state index >= 15 is 0 Å². The van der Waals surface area contributed by atoms with Gasteiger partial charge < -0.3 is 10.2 Å². The molecule has 8 heteroatoms. The Hall–Kier alpha value is -3.91. The van der Waals surface area contributed by atoms with E-state index in [1.165, 1.54) is 41.9 Å². The van der Waals surface area contributed by atoms with Crippen molar-refractivity contribution in [3.05, 3.63) is 112 Å². The Morgan fingerprint density at radius 1 is 0.956 bits per heavy atom. The van der Waals surface area contributed by atoms with Gasteiger partial charge in [-0.25, -0.2) is 13.8 Å². The molecule has 0 atom stereocenters. The second-order valence-corrected chi connectivity index (χ2v) is 13.6. The minimum Gasteiger partial charge on any atom is -0.350 e. The molecule has 4 aromatic rings. The molecule has 3 aromatic carbocycles. The lowest BCUT2D eigenvalue weighted by molar-refractivity contribution is 0.0175. The maximum absolute atomic E-state index is 13.7. The molecule has 5 nitrogen and oxygen atoms in total. The summed E-state index contributed by atoms with van der Waals surface area (Å²) >= 11 is 1.52. The molecular formula is C37H39F2N3O2S. The minimum absolute atomic E-state index is 0.0549. The van der Waals surface area contributed by atoms with Crippen LogP contribution in [0.25, 0.3) is 11.1 Å². The number of hydrogen-bond donors (Lipinski definition) is 1. The van der Waals surface area contributed by atoms with Crippen LogP contribution in [0.15, 0.2) is 84.2 Å². The molecule has 0 radical (unpaired) electrons. The molecule has 234 valence electrons. The summed E-state index contributed by atoms with van der Waals surface area (Å²) < 4.78 is 27.4. The van der Waals surface area contributed by atoms with E-state index in [4.69, 9.17) is 4.98 Å². The fraction of sp³-hybridized carbons (Fsp3) is 0.378. The zero-order valence-electron chi connectivity index (χ0n) is 25.6. The van der Waals surface area contributed by atoms with Crippen molar-refractivity contribution in [2.24, 2.45) is 5.41 Å². The predicted molar refractivity (Wildman–Crippen MR) is 175 cm³/mol. The van der Waals surface area contributed by atoms with Crippen molar-refractivity contribution in [1.29, 1.82) is 0 Å². The third-order valence-corrected chi connectivity index (χ3v) is 10.5. The van der Waals surface area contributed by atoms with Crippen molar-refractivity contribution in [1.82, 2.24) is 15.2 Å². The first-order valence-corrected chi connectivity index (χ1v) is 16.7. The number of halogens is 2. The number of thiazole rings is 1. The van der Waals surface area contributed by atoms with Crippen molar-refractivity contribution in [2.45, 2.75) is 63.7 Å². The number of likely N-dealkylation sites (tertiary alicyclic amines) is 1. The topological polar surface area (TPSA) is 62.3 Å². The Labute approximate surface area is 267 Å². The second kappa shape index (κ2) is 13.2. The number of rotatable bonds is 9. The summed E-state index contributed by atoms with van der Waals surface area (Å²) in [5.41, 5.74) is 3.86. The average Bonchev–Trinajstić information content (AvgIpc) is 3.75. The van der Waals surface area contributed by atoms with Crippen LogP contribution in [0.3, 0.4) is 0 Å². The smallest absolute Gasteiger partial charge is 0.270 e. The van der Waals surface area contributed by atoms with Crippen molar-refractivity contribution < 1.29 is 18.4 Å². The van der Waals surface area contributed by atoms with E-state index in [-0.39, 0.29) is 28.7 Å². The third-order valence-electron chi connectivity index (χ3n) is 9.46. The van der Waals surface area contributed by atoms with Gasteiger partial charge in [0.05, 0.1) is 5.01 Å². The molecule has 6 rings (SSSR count). The monoisotopic (exact) mass is 627 g/mol. The number of nitrogens with one attached hydrogen (secondary N) is 1. The van der Waals surface area contributed by atoms with Crippen molar-refractivity contribution in [3.63, 3.8) is 0 Å². The fourth-order valence-electron chi connectivity index (χ4n) is 6.87. The predicted octanol–water partition coefficient (Wildman–Crippen LogP) is 8.47. The summed E-state index contributed by atoms with van der Waals surface area (Å²) in [5.74, 6) is -2.90. The summed E-state index contributed by atoms with van der Waals surface area (Å²) in [6.45, 7) is 2.71. The van der Waals surface area contributed by atoms with Crippen LogP contribution in [0.2, 0.25) is 0 Å². The van der Waals surface area contributed by atoms with Crippen LogP contribution in [-0.2, 0) is 12.3 Å². The highest BCUT2D eigenvalue weighted by Gasteiger charge is 2.35. The highest BCUT2D eigenvalue weighted by Crippen LogP contribution is 2.41. The molecule has 2 heterocycles. The Bertz CT molecular complexity index is 1620. The van der Waals surface area contributed by atoms with E-state index in [1.54, 1.807) is 18.2 Å². The number of alkyl halides is 2. The number of benzene rings is 3. The fourth-order valence-corrected chi connectivity index (χ4v) is 7.84. The first-order chi connectivity index (χ1) is 21.7. The van der Waals surface area contributed by atoms with Gasteiger partial charge in [-0.15, -0.1) is 11.3 Å². The lowest BCUT2D eigenvalue weighted by Crippen LogP contribution is -2.38. The molecule has 1 N–H and O–H groups in total. The SMILES string of the molecule is CC(F)(F)c1ccc(-c2ccccc2C(=O)N2CCC(c3nc(C(=O)NCC4(Cc5ccccc5)CCCC4)cs3)CC2)cc1. The summed E-state index contributed by atoms with van der Waals surface area (Å²) in [6, 6.07) is 24.0. The van der Waals surface area contributed by atoms with Crippen molar-refractivity contribution >= 4 is 23.2 Å². The minimum atomic E-state index is -2.92. The summed E-state index contributed by atoms with van der Waals surface area (Å²) in [5, 5.41) is 6.01. The molecule has 0 spiro atoms. The molecule has 1 saturated carbocycles. The highest BCUT2D eigenvalue weighted by atomic mass is 32.1. The third kappa shape index (κ3) is 7.17. The molecule has 2 fully saturated rings. The number of nitrogens with zero attached hydrogens (tertiary/aromatic N) is 2. The van der Waals surface area contributed by atoms with Crippen LogP contribution >= 0.6 is 11.3 Å². The number of carbonyl (C=O) groups excluding carboxylic acids is 2. The number of hydrogen-bond acceptors (Lipinski definition) is 4. The van der Waals surface area contributed by atoms with E-state index < -0.39 is 5.92 Å². The first kappa shape index (κ1) is 31.1. The van der Waals surface area contributed by atoms with Gasteiger partial charge in [-0.3, -0.25) is 9.59 Å². The molecule has 0 unspecified atom stereocenters. The van der Waals surface area contributed by atoms with Gasteiger partial charge >= 0.3 is 0 Å². The standard InChI is InChI=1S/C37H39F2N3O2S/c1-36(38,39)29-15-13-27(14-16-29)30-11-5-6-12-31(30)35(44)42-21-17-28(18-22-42)34-41-32(24-45-34)33(43)40-25-37(19-7-8-20-37)23-26-9-3-2-4-10-26/h2-6,9-16,24,28H,7-8,17-23,25H2,1H3,(H,40,43). The van der Waals surface area contributed by atoms with Crippen LogP contribution in [0.1, 0.15) is 88.3 Å². The Balaban J connectivity index is 1.05. The molecule has 1 saturated heterocycles. The van der Waals surface area contributed by atoms with Gasteiger partial charge in [-0.2, -0.15) is 0 Å². The van der Waals surface area contributed by atoms with E-state index in [0.717, 1.165) is 55.2 Å². The molecule has 2 amide bonds. The van der Waals surface area contributed by atoms with E-state index in [1.807, 2.05) is 34.5 Å². The van der Waals surface area contributed by atoms with Crippen molar-refractivity contribution in [2.75, 3.05) is 19.6 Å². The average molecular weight is 628 g/mol. The number of carbonyl (C=O) groups is 2. The van der Waals surface area contributed by atoms with E-state index in [2.05, 4.69) is 29.6 Å². The molecule has 2 aliphatic rings. The lowest BCUT2D eigenvalue weighted by atomic mass is 9.80. The number of aromatic nitrogens is 1. The number of piperidine rings is 1. The molecule has 1 aromatic heterocycles. The van der Waals surface area contributed by atoms with Gasteiger partial charge in [0.1, 0.15) is 5.69 Å². The van der Waals surface area contributed by atoms with E-state index in [0.29, 0.717) is 30.9 Å². The van der Waals surface area contributed by atoms with Crippen molar-refractivity contribution in [3.8, 4) is 11.1 Å². The van der Waals surface area contributed by atoms with Crippen LogP contribution in [0.5, 0.6) is 0 Å². The molecule has 1 aliphatic heterocycles. The van der Waals surface area contributed by atoms with Crippen LogP contribution in [0.4, 0.5) is 8.78 Å². The molecule has 45 heavy (non-hydrogen) atoms. The quantitative estimate of drug-likeness (QED) is 0.203. The Kier molecular flexibility index (Phi) is 9.13. The normalized spacial score (nSPS) is 16.9. The molecule has 1 aliphatic carbocycles. The van der Waals surface area contributed by atoms with Crippen LogP contribution < -0.4 is 5.32 Å². The Morgan fingerprint density at radius 3 is 2.31 bits per heavy atom. The molecule has 0 bridgehead atoms.